The molecule has 5 aliphatic rings. The largest absolute Gasteiger partial charge is 0.445 e. The zero-order chi connectivity index (χ0) is 29.4. The van der Waals surface area contributed by atoms with Gasteiger partial charge in [0.05, 0.1) is 6.10 Å². The number of fused-ring (bicyclic) bond motifs is 6. The molecule has 0 saturated heterocycles. The smallest absolute Gasteiger partial charge is 0.411 e. The van der Waals surface area contributed by atoms with Crippen LogP contribution >= 0.6 is 0 Å². The van der Waals surface area contributed by atoms with E-state index in [4.69, 9.17) is 4.74 Å². The first kappa shape index (κ1) is 29.3. The van der Waals surface area contributed by atoms with Crippen molar-refractivity contribution in [2.45, 2.75) is 125 Å². The molecular weight excluding hydrogens is 506 g/mol. The number of rotatable bonds is 2. The number of hydrogen-bond donors (Lipinski definition) is 2. The van der Waals surface area contributed by atoms with E-state index in [1.165, 1.54) is 38.5 Å². The van der Waals surface area contributed by atoms with Gasteiger partial charge in [0.1, 0.15) is 6.10 Å². The van der Waals surface area contributed by atoms with Gasteiger partial charge in [0.2, 0.25) is 0 Å². The first-order chi connectivity index (χ1) is 19.2. The van der Waals surface area contributed by atoms with Crippen LogP contribution in [0.3, 0.4) is 0 Å². The Morgan fingerprint density at radius 2 is 1.51 bits per heavy atom. The summed E-state index contributed by atoms with van der Waals surface area (Å²) >= 11 is 0. The van der Waals surface area contributed by atoms with Crippen molar-refractivity contribution >= 4 is 11.8 Å². The van der Waals surface area contributed by atoms with E-state index in [0.29, 0.717) is 34.5 Å². The predicted molar refractivity (Wildman–Crippen MR) is 166 cm³/mol. The lowest BCUT2D eigenvalue weighted by atomic mass is 9.42. The highest BCUT2D eigenvalue weighted by Gasteiger charge is 2.63. The summed E-state index contributed by atoms with van der Waals surface area (Å²) in [6.07, 6.45) is 13.7. The van der Waals surface area contributed by atoms with Gasteiger partial charge < -0.3 is 9.84 Å². The van der Waals surface area contributed by atoms with E-state index in [1.54, 1.807) is 5.57 Å². The molecular formula is C37H55NO3. The lowest BCUT2D eigenvalue weighted by Gasteiger charge is -2.63. The van der Waals surface area contributed by atoms with Gasteiger partial charge in [-0.3, -0.25) is 5.32 Å². The molecule has 4 heteroatoms. The van der Waals surface area contributed by atoms with Crippen LogP contribution in [0.1, 0.15) is 113 Å². The lowest BCUT2D eigenvalue weighted by Crippen LogP contribution is -2.58. The van der Waals surface area contributed by atoms with Gasteiger partial charge in [0.15, 0.2) is 0 Å². The minimum Gasteiger partial charge on any atom is -0.445 e. The van der Waals surface area contributed by atoms with E-state index in [9.17, 15) is 9.90 Å². The van der Waals surface area contributed by atoms with Crippen molar-refractivity contribution in [2.24, 2.45) is 50.7 Å². The molecule has 0 aliphatic heterocycles. The van der Waals surface area contributed by atoms with E-state index in [2.05, 4.69) is 59.9 Å². The Hall–Kier alpha value is -1.81. The fourth-order valence-electron chi connectivity index (χ4n) is 11.9. The number of benzene rings is 1. The summed E-state index contributed by atoms with van der Waals surface area (Å²) in [4.78, 5) is 12.9. The SMILES string of the molecule is CC1(C)[C@@H](O)CC[C@@]2(C)[C@H]1CC[C@@]1(C)CC3=CC[C@H]4C(C)(C)[C@@H](OC(=O)Nc5ccccc5)CC[C@]4(C)[C@H]3CC[C@@H]12. The molecule has 226 valence electrons. The van der Waals surface area contributed by atoms with Crippen LogP contribution in [0.4, 0.5) is 10.5 Å². The first-order valence-electron chi connectivity index (χ1n) is 16.6. The minimum atomic E-state index is -0.334. The van der Waals surface area contributed by atoms with Crippen molar-refractivity contribution in [3.8, 4) is 0 Å². The quantitative estimate of drug-likeness (QED) is 0.354. The van der Waals surface area contributed by atoms with Gasteiger partial charge in [0, 0.05) is 11.1 Å². The average molecular weight is 562 g/mol. The zero-order valence-electron chi connectivity index (χ0n) is 26.8. The number of aliphatic hydroxyl groups excluding tert-OH is 1. The van der Waals surface area contributed by atoms with Crippen LogP contribution in [-0.4, -0.2) is 23.4 Å². The van der Waals surface area contributed by atoms with Gasteiger partial charge in [-0.25, -0.2) is 4.79 Å². The van der Waals surface area contributed by atoms with Crippen LogP contribution in [0, 0.1) is 50.7 Å². The standard InChI is InChI=1S/C37H55NO3/c1-33(2)28-17-20-35(5)23-24-13-15-27-34(3,4)31(41-32(40)38-25-11-9-8-10-12-25)19-22-36(27,6)26(24)14-16-29(35)37(28,7)21-18-30(33)39/h8-13,26-31,39H,14-23H2,1-7H3,(H,38,40)/t26-,27-,28-,29-,30-,31-,35-,36+,37-/m0/s1. The molecule has 0 heterocycles. The van der Waals surface area contributed by atoms with Gasteiger partial charge in [-0.05, 0) is 122 Å². The molecule has 4 saturated carbocycles. The Bertz CT molecular complexity index is 1190. The number of amides is 1. The molecule has 0 unspecified atom stereocenters. The summed E-state index contributed by atoms with van der Waals surface area (Å²) in [6.45, 7) is 17.2. The summed E-state index contributed by atoms with van der Waals surface area (Å²) < 4.78 is 6.17. The molecule has 0 aromatic heterocycles. The summed E-state index contributed by atoms with van der Waals surface area (Å²) in [5.74, 6) is 2.42. The highest BCUT2D eigenvalue weighted by molar-refractivity contribution is 5.84. The van der Waals surface area contributed by atoms with Crippen molar-refractivity contribution < 1.29 is 14.6 Å². The first-order valence-corrected chi connectivity index (χ1v) is 16.6. The van der Waals surface area contributed by atoms with Gasteiger partial charge in [0.25, 0.3) is 0 Å². The average Bonchev–Trinajstić information content (AvgIpc) is 3.06. The van der Waals surface area contributed by atoms with Crippen LogP contribution in [0.5, 0.6) is 0 Å². The molecule has 1 amide bonds. The molecule has 0 radical (unpaired) electrons. The number of anilines is 1. The van der Waals surface area contributed by atoms with Crippen molar-refractivity contribution in [3.63, 3.8) is 0 Å². The predicted octanol–water partition coefficient (Wildman–Crippen LogP) is 9.40. The number of allylic oxidation sites excluding steroid dienone is 2. The number of carbonyl (C=O) groups is 1. The fourth-order valence-corrected chi connectivity index (χ4v) is 11.9. The normalized spacial score (nSPS) is 44.5. The Balaban J connectivity index is 1.23. The van der Waals surface area contributed by atoms with E-state index in [-0.39, 0.29) is 34.5 Å². The summed E-state index contributed by atoms with van der Waals surface area (Å²) in [5.41, 5.74) is 3.31. The maximum Gasteiger partial charge on any atom is 0.411 e. The van der Waals surface area contributed by atoms with Crippen LogP contribution in [0.2, 0.25) is 0 Å². The Morgan fingerprint density at radius 3 is 2.24 bits per heavy atom. The van der Waals surface area contributed by atoms with Crippen molar-refractivity contribution in [1.82, 2.24) is 0 Å². The highest BCUT2D eigenvalue weighted by atomic mass is 16.6. The molecule has 4 fully saturated rings. The third-order valence-electron chi connectivity index (χ3n) is 14.1. The number of ether oxygens (including phenoxy) is 1. The zero-order valence-corrected chi connectivity index (χ0v) is 26.8. The number of aliphatic hydroxyl groups is 1. The number of para-hydroxylation sites is 1. The summed E-state index contributed by atoms with van der Waals surface area (Å²) in [7, 11) is 0. The fraction of sp³-hybridized carbons (Fsp3) is 0.757. The van der Waals surface area contributed by atoms with E-state index in [1.807, 2.05) is 30.3 Å². The van der Waals surface area contributed by atoms with Gasteiger partial charge in [-0.15, -0.1) is 0 Å². The summed E-state index contributed by atoms with van der Waals surface area (Å²) in [6, 6.07) is 9.62. The second-order valence-corrected chi connectivity index (χ2v) is 16.8. The van der Waals surface area contributed by atoms with Crippen molar-refractivity contribution in [3.05, 3.63) is 42.0 Å². The molecule has 6 rings (SSSR count). The Kier molecular flexibility index (Phi) is 7.04. The van der Waals surface area contributed by atoms with Crippen LogP contribution in [0.15, 0.2) is 42.0 Å². The van der Waals surface area contributed by atoms with Gasteiger partial charge >= 0.3 is 6.09 Å². The molecule has 1 aromatic rings. The van der Waals surface area contributed by atoms with E-state index < -0.39 is 0 Å². The molecule has 41 heavy (non-hydrogen) atoms. The second kappa shape index (κ2) is 9.86. The molecule has 2 N–H and O–H groups in total. The lowest BCUT2D eigenvalue weighted by molar-refractivity contribution is -0.170. The third kappa shape index (κ3) is 4.52. The van der Waals surface area contributed by atoms with Crippen LogP contribution in [0.25, 0.3) is 0 Å². The molecule has 1 aromatic carbocycles. The molecule has 0 spiro atoms. The van der Waals surface area contributed by atoms with E-state index in [0.717, 1.165) is 31.4 Å². The monoisotopic (exact) mass is 561 g/mol. The van der Waals surface area contributed by atoms with E-state index >= 15 is 0 Å². The maximum absolute atomic E-state index is 12.9. The number of nitrogens with one attached hydrogen (secondary N) is 1. The van der Waals surface area contributed by atoms with Crippen molar-refractivity contribution in [2.75, 3.05) is 5.32 Å². The minimum absolute atomic E-state index is 0.00105. The third-order valence-corrected chi connectivity index (χ3v) is 14.1. The van der Waals surface area contributed by atoms with Crippen LogP contribution in [-0.2, 0) is 4.74 Å². The number of hydrogen-bond acceptors (Lipinski definition) is 3. The Labute approximate surface area is 249 Å². The summed E-state index contributed by atoms with van der Waals surface area (Å²) in [5, 5.41) is 13.9. The number of carbonyl (C=O) groups excluding carboxylic acids is 1. The van der Waals surface area contributed by atoms with Crippen molar-refractivity contribution in [1.29, 1.82) is 0 Å². The highest BCUT2D eigenvalue weighted by Crippen LogP contribution is 2.70. The van der Waals surface area contributed by atoms with Gasteiger partial charge in [-0.2, -0.15) is 0 Å². The molecule has 4 nitrogen and oxygen atoms in total. The maximum atomic E-state index is 12.9. The molecule has 5 aliphatic carbocycles. The topological polar surface area (TPSA) is 58.6 Å². The second-order valence-electron chi connectivity index (χ2n) is 16.8. The molecule has 9 atom stereocenters. The van der Waals surface area contributed by atoms with Gasteiger partial charge in [-0.1, -0.05) is 78.3 Å². The molecule has 0 bridgehead atoms. The van der Waals surface area contributed by atoms with Crippen LogP contribution < -0.4 is 5.32 Å². The Morgan fingerprint density at radius 1 is 0.805 bits per heavy atom.